The number of halogens is 7. The lowest BCUT2D eigenvalue weighted by Crippen LogP contribution is -2.41. The number of fused-ring (bicyclic) bond motifs is 1. The predicted molar refractivity (Wildman–Crippen MR) is 97.6 cm³/mol. The van der Waals surface area contributed by atoms with Crippen molar-refractivity contribution >= 4 is 54.4 Å². The highest BCUT2D eigenvalue weighted by Gasteiger charge is 2.35. The second kappa shape index (κ2) is 6.78. The highest BCUT2D eigenvalue weighted by Crippen LogP contribution is 2.39. The van der Waals surface area contributed by atoms with Crippen LogP contribution in [-0.4, -0.2) is 9.13 Å². The monoisotopic (exact) mass is 532 g/mol. The van der Waals surface area contributed by atoms with Gasteiger partial charge >= 0.3 is 11.9 Å². The number of hydrogen-bond acceptors (Lipinski definition) is 3. The van der Waals surface area contributed by atoms with Gasteiger partial charge in [-0.1, -0.05) is 43.5 Å². The Kier molecular flexibility index (Phi) is 5.06. The van der Waals surface area contributed by atoms with Crippen molar-refractivity contribution in [3.05, 3.63) is 61.3 Å². The summed E-state index contributed by atoms with van der Waals surface area (Å²) in [5.74, 6) is -0.824. The van der Waals surface area contributed by atoms with Crippen LogP contribution in [0.15, 0.2) is 32.2 Å². The number of furan rings is 1. The van der Waals surface area contributed by atoms with Crippen LogP contribution in [0.5, 0.6) is 0 Å². The van der Waals surface area contributed by atoms with E-state index in [-0.39, 0.29) is 32.4 Å². The molecule has 0 saturated carbocycles. The molecule has 12 heteroatoms. The first-order chi connectivity index (χ1) is 12.4. The van der Waals surface area contributed by atoms with Crippen LogP contribution < -0.4 is 11.2 Å². The SMILES string of the molecule is Cn1c(C(F)(F)F)cc(=O)n(-c2c(F)cc(Cl)c3oc(C(Br)Br)cc23)c1=O. The van der Waals surface area contributed by atoms with Crippen molar-refractivity contribution in [1.29, 1.82) is 0 Å². The van der Waals surface area contributed by atoms with Crippen molar-refractivity contribution in [2.45, 2.75) is 9.91 Å². The predicted octanol–water partition coefficient (Wildman–Crippen LogP) is 4.88. The Balaban J connectivity index is 2.45. The van der Waals surface area contributed by atoms with E-state index in [9.17, 15) is 27.2 Å². The summed E-state index contributed by atoms with van der Waals surface area (Å²) < 4.78 is 59.1. The quantitative estimate of drug-likeness (QED) is 0.348. The van der Waals surface area contributed by atoms with E-state index in [4.69, 9.17) is 16.0 Å². The number of hydrogen-bond donors (Lipinski definition) is 0. The maximum atomic E-state index is 14.6. The van der Waals surface area contributed by atoms with Crippen molar-refractivity contribution in [3.8, 4) is 5.69 Å². The fourth-order valence-corrected chi connectivity index (χ4v) is 3.26. The molecule has 0 amide bonds. The number of nitrogens with zero attached hydrogens (tertiary/aromatic N) is 2. The smallest absolute Gasteiger partial charge is 0.431 e. The van der Waals surface area contributed by atoms with Crippen molar-refractivity contribution in [2.24, 2.45) is 7.05 Å². The fraction of sp³-hybridized carbons (Fsp3) is 0.200. The molecule has 0 N–H and O–H groups in total. The van der Waals surface area contributed by atoms with E-state index < -0.39 is 38.4 Å². The van der Waals surface area contributed by atoms with Crippen LogP contribution in [0.4, 0.5) is 17.6 Å². The normalized spacial score (nSPS) is 12.3. The molecule has 0 aliphatic rings. The number of alkyl halides is 5. The summed E-state index contributed by atoms with van der Waals surface area (Å²) in [6.07, 6.45) is -4.93. The molecule has 0 aliphatic carbocycles. The zero-order valence-corrected chi connectivity index (χ0v) is 17.0. The molecule has 0 radical (unpaired) electrons. The zero-order valence-electron chi connectivity index (χ0n) is 13.1. The Hall–Kier alpha value is -1.59. The molecule has 0 saturated heterocycles. The van der Waals surface area contributed by atoms with Gasteiger partial charge in [0, 0.05) is 18.5 Å². The van der Waals surface area contributed by atoms with Crippen LogP contribution in [0.25, 0.3) is 16.7 Å². The van der Waals surface area contributed by atoms with Crippen LogP contribution >= 0.6 is 43.5 Å². The summed E-state index contributed by atoms with van der Waals surface area (Å²) in [7, 11) is 0.833. The van der Waals surface area contributed by atoms with Crippen molar-refractivity contribution in [2.75, 3.05) is 0 Å². The van der Waals surface area contributed by atoms with E-state index in [0.29, 0.717) is 4.57 Å². The summed E-state index contributed by atoms with van der Waals surface area (Å²) in [6, 6.07) is 2.35. The highest BCUT2D eigenvalue weighted by molar-refractivity contribution is 9.24. The molecule has 0 unspecified atom stereocenters. The molecule has 27 heavy (non-hydrogen) atoms. The number of aromatic nitrogens is 2. The third kappa shape index (κ3) is 3.36. The molecule has 0 atom stereocenters. The fourth-order valence-electron chi connectivity index (χ4n) is 2.58. The van der Waals surface area contributed by atoms with E-state index in [1.165, 1.54) is 6.07 Å². The molecule has 2 heterocycles. The summed E-state index contributed by atoms with van der Waals surface area (Å²) in [5.41, 5.74) is -4.74. The average molecular weight is 534 g/mol. The van der Waals surface area contributed by atoms with Gasteiger partial charge < -0.3 is 4.42 Å². The molecule has 0 spiro atoms. The van der Waals surface area contributed by atoms with Gasteiger partial charge in [0.1, 0.15) is 26.7 Å². The molecule has 0 bridgehead atoms. The van der Waals surface area contributed by atoms with Crippen LogP contribution in [-0.2, 0) is 13.2 Å². The Morgan fingerprint density at radius 1 is 1.19 bits per heavy atom. The van der Waals surface area contributed by atoms with E-state index in [1.54, 1.807) is 0 Å². The first-order valence-corrected chi connectivity index (χ1v) is 9.24. The van der Waals surface area contributed by atoms with Gasteiger partial charge in [-0.15, -0.1) is 0 Å². The van der Waals surface area contributed by atoms with Gasteiger partial charge in [-0.25, -0.2) is 13.8 Å². The lowest BCUT2D eigenvalue weighted by atomic mass is 10.2. The molecule has 3 rings (SSSR count). The first-order valence-electron chi connectivity index (χ1n) is 7.03. The Bertz CT molecular complexity index is 1180. The first kappa shape index (κ1) is 20.2. The maximum Gasteiger partial charge on any atom is 0.431 e. The minimum absolute atomic E-state index is 0.0270. The lowest BCUT2D eigenvalue weighted by Gasteiger charge is -2.14. The van der Waals surface area contributed by atoms with E-state index in [0.717, 1.165) is 13.1 Å². The number of rotatable bonds is 2. The minimum Gasteiger partial charge on any atom is -0.457 e. The highest BCUT2D eigenvalue weighted by atomic mass is 79.9. The van der Waals surface area contributed by atoms with Gasteiger partial charge in [-0.3, -0.25) is 9.36 Å². The molecule has 144 valence electrons. The molecular weight excluding hydrogens is 527 g/mol. The van der Waals surface area contributed by atoms with Crippen molar-refractivity contribution in [3.63, 3.8) is 0 Å². The van der Waals surface area contributed by atoms with Gasteiger partial charge in [0.05, 0.1) is 5.02 Å². The lowest BCUT2D eigenvalue weighted by molar-refractivity contribution is -0.144. The van der Waals surface area contributed by atoms with Crippen molar-refractivity contribution < 1.29 is 22.0 Å². The Morgan fingerprint density at radius 2 is 1.81 bits per heavy atom. The molecule has 5 nitrogen and oxygen atoms in total. The van der Waals surface area contributed by atoms with Gasteiger partial charge in [-0.2, -0.15) is 13.2 Å². The maximum absolute atomic E-state index is 14.6. The number of benzene rings is 1. The molecule has 3 aromatic rings. The topological polar surface area (TPSA) is 57.1 Å². The zero-order chi connectivity index (χ0) is 20.3. The largest absolute Gasteiger partial charge is 0.457 e. The minimum atomic E-state index is -4.93. The van der Waals surface area contributed by atoms with Crippen LogP contribution in [0.3, 0.4) is 0 Å². The van der Waals surface area contributed by atoms with E-state index in [1.807, 2.05) is 0 Å². The average Bonchev–Trinajstić information content (AvgIpc) is 2.98. The van der Waals surface area contributed by atoms with Gasteiger partial charge in [-0.05, 0) is 12.1 Å². The van der Waals surface area contributed by atoms with Crippen molar-refractivity contribution in [1.82, 2.24) is 9.13 Å². The van der Waals surface area contributed by atoms with Gasteiger partial charge in [0.15, 0.2) is 5.58 Å². The summed E-state index contributed by atoms with van der Waals surface area (Å²) >= 11 is 12.3. The molecule has 1 aromatic carbocycles. The molecule has 2 aromatic heterocycles. The molecule has 0 fully saturated rings. The molecular formula is C15H7Br2ClF4N2O3. The van der Waals surface area contributed by atoms with Crippen LogP contribution in [0, 0.1) is 5.82 Å². The van der Waals surface area contributed by atoms with E-state index >= 15 is 0 Å². The Labute approximate surface area is 169 Å². The Morgan fingerprint density at radius 3 is 2.37 bits per heavy atom. The summed E-state index contributed by atoms with van der Waals surface area (Å²) in [6.45, 7) is 0. The standard InChI is InChI=1S/C15H7Br2ClF4N2O3/c1-23-9(15(20,21)22)4-10(25)24(14(23)26)11-5-2-8(13(16)17)27-12(5)6(18)3-7(11)19/h2-4,13H,1H3. The molecule has 0 aliphatic heterocycles. The third-order valence-electron chi connectivity index (χ3n) is 3.75. The second-order valence-corrected chi connectivity index (χ2v) is 8.89. The van der Waals surface area contributed by atoms with E-state index in [2.05, 4.69) is 31.9 Å². The second-order valence-electron chi connectivity index (χ2n) is 5.42. The summed E-state index contributed by atoms with van der Waals surface area (Å²) in [4.78, 5) is 24.7. The van der Waals surface area contributed by atoms with Crippen LogP contribution in [0.2, 0.25) is 5.02 Å². The van der Waals surface area contributed by atoms with Gasteiger partial charge in [0.2, 0.25) is 0 Å². The third-order valence-corrected chi connectivity index (χ3v) is 4.94. The summed E-state index contributed by atoms with van der Waals surface area (Å²) in [5, 5.41) is -0.173. The van der Waals surface area contributed by atoms with Crippen LogP contribution in [0.1, 0.15) is 15.2 Å². The van der Waals surface area contributed by atoms with Gasteiger partial charge in [0.25, 0.3) is 5.56 Å².